The van der Waals surface area contributed by atoms with E-state index < -0.39 is 0 Å². The number of hydrogen-bond donors (Lipinski definition) is 2. The topological polar surface area (TPSA) is 80.3 Å². The molecule has 0 fully saturated rings. The molecule has 0 spiro atoms. The maximum absolute atomic E-state index is 5.59. The van der Waals surface area contributed by atoms with Gasteiger partial charge in [-0.15, -0.1) is 0 Å². The van der Waals surface area contributed by atoms with Crippen molar-refractivity contribution in [1.29, 1.82) is 0 Å². The summed E-state index contributed by atoms with van der Waals surface area (Å²) in [5, 5.41) is 6.48. The molecule has 0 saturated heterocycles. The lowest BCUT2D eigenvalue weighted by atomic mass is 10.3. The van der Waals surface area contributed by atoms with E-state index in [2.05, 4.69) is 36.2 Å². The van der Waals surface area contributed by atoms with E-state index in [4.69, 9.17) is 4.42 Å². The predicted octanol–water partition coefficient (Wildman–Crippen LogP) is 2.43. The van der Waals surface area contributed by atoms with Crippen molar-refractivity contribution < 1.29 is 4.42 Å². The van der Waals surface area contributed by atoms with Crippen LogP contribution in [0.1, 0.15) is 30.1 Å². The van der Waals surface area contributed by atoms with Crippen LogP contribution in [0.4, 0.5) is 0 Å². The van der Waals surface area contributed by atoms with Gasteiger partial charge in [0, 0.05) is 13.6 Å². The molecule has 0 aliphatic heterocycles. The van der Waals surface area contributed by atoms with Gasteiger partial charge in [0.25, 0.3) is 0 Å². The second kappa shape index (κ2) is 7.38. The molecule has 7 heteroatoms. The van der Waals surface area contributed by atoms with Crippen LogP contribution in [0, 0.1) is 13.8 Å². The average molecular weight is 340 g/mol. The molecule has 0 atom stereocenters. The zero-order valence-corrected chi connectivity index (χ0v) is 15.1. The Labute approximate surface area is 147 Å². The molecule has 0 amide bonds. The molecule has 2 N–H and O–H groups in total. The van der Waals surface area contributed by atoms with Crippen LogP contribution in [0.15, 0.2) is 33.7 Å². The molecule has 2 heterocycles. The number of imidazole rings is 1. The summed E-state index contributed by atoms with van der Waals surface area (Å²) in [7, 11) is 2.01. The Balaban J connectivity index is 1.71. The summed E-state index contributed by atoms with van der Waals surface area (Å²) in [5.41, 5.74) is 3.01. The molecular weight excluding hydrogens is 316 g/mol. The molecule has 0 aliphatic carbocycles. The molecule has 3 aromatic rings. The summed E-state index contributed by atoms with van der Waals surface area (Å²) in [5.74, 6) is 3.13. The van der Waals surface area contributed by atoms with Crippen LogP contribution in [-0.2, 0) is 20.1 Å². The fourth-order valence-corrected chi connectivity index (χ4v) is 2.60. The minimum atomic E-state index is 0.489. The maximum Gasteiger partial charge on any atom is 0.214 e. The standard InChI is InChI=1S/C18H24N6O/c1-5-19-18(21-11-17-22-12(2)13(3)25-17)20-10-16-23-14-8-6-7-9-15(14)24(16)4/h6-9H,5,10-11H2,1-4H3,(H2,19,20,21). The summed E-state index contributed by atoms with van der Waals surface area (Å²) in [6.07, 6.45) is 0. The highest BCUT2D eigenvalue weighted by Gasteiger charge is 2.08. The van der Waals surface area contributed by atoms with Crippen molar-refractivity contribution >= 4 is 17.0 Å². The third kappa shape index (κ3) is 3.81. The van der Waals surface area contributed by atoms with Gasteiger partial charge in [-0.3, -0.25) is 0 Å². The van der Waals surface area contributed by atoms with Crippen LogP contribution in [0.25, 0.3) is 11.0 Å². The molecule has 0 radical (unpaired) electrons. The highest BCUT2D eigenvalue weighted by atomic mass is 16.4. The van der Waals surface area contributed by atoms with E-state index in [1.807, 2.05) is 46.0 Å². The van der Waals surface area contributed by atoms with E-state index in [9.17, 15) is 0 Å². The van der Waals surface area contributed by atoms with Gasteiger partial charge in [-0.1, -0.05) is 12.1 Å². The number of rotatable bonds is 5. The number of oxazole rings is 1. The number of fused-ring (bicyclic) bond motifs is 1. The van der Waals surface area contributed by atoms with Crippen molar-refractivity contribution in [3.63, 3.8) is 0 Å². The van der Waals surface area contributed by atoms with Crippen molar-refractivity contribution in [2.45, 2.75) is 33.9 Å². The molecule has 7 nitrogen and oxygen atoms in total. The lowest BCUT2D eigenvalue weighted by molar-refractivity contribution is 0.463. The Kier molecular flexibility index (Phi) is 5.02. The molecule has 25 heavy (non-hydrogen) atoms. The van der Waals surface area contributed by atoms with Crippen LogP contribution >= 0.6 is 0 Å². The quantitative estimate of drug-likeness (QED) is 0.551. The van der Waals surface area contributed by atoms with Crippen molar-refractivity contribution in [3.8, 4) is 0 Å². The Hall–Kier alpha value is -2.83. The van der Waals surface area contributed by atoms with Gasteiger partial charge in [0.15, 0.2) is 5.96 Å². The van der Waals surface area contributed by atoms with Gasteiger partial charge in [-0.05, 0) is 32.9 Å². The van der Waals surface area contributed by atoms with E-state index in [0.29, 0.717) is 24.9 Å². The Morgan fingerprint density at radius 1 is 1.20 bits per heavy atom. The van der Waals surface area contributed by atoms with E-state index in [1.54, 1.807) is 0 Å². The van der Waals surface area contributed by atoms with Gasteiger partial charge in [0.05, 0.1) is 23.3 Å². The molecule has 0 saturated carbocycles. The lowest BCUT2D eigenvalue weighted by Crippen LogP contribution is -2.37. The van der Waals surface area contributed by atoms with Crippen LogP contribution in [0.5, 0.6) is 0 Å². The summed E-state index contributed by atoms with van der Waals surface area (Å²) in [4.78, 5) is 13.6. The average Bonchev–Trinajstić information content (AvgIpc) is 3.10. The normalized spacial score (nSPS) is 11.9. The van der Waals surface area contributed by atoms with Crippen molar-refractivity contribution in [1.82, 2.24) is 25.2 Å². The first-order valence-electron chi connectivity index (χ1n) is 8.44. The summed E-state index contributed by atoms with van der Waals surface area (Å²) >= 11 is 0. The summed E-state index contributed by atoms with van der Waals surface area (Å²) < 4.78 is 7.66. The Morgan fingerprint density at radius 2 is 2.00 bits per heavy atom. The largest absolute Gasteiger partial charge is 0.444 e. The van der Waals surface area contributed by atoms with Crippen molar-refractivity contribution in [2.24, 2.45) is 12.0 Å². The van der Waals surface area contributed by atoms with Gasteiger partial charge in [-0.2, -0.15) is 0 Å². The van der Waals surface area contributed by atoms with Crippen molar-refractivity contribution in [3.05, 3.63) is 47.4 Å². The van der Waals surface area contributed by atoms with E-state index in [-0.39, 0.29) is 0 Å². The van der Waals surface area contributed by atoms with Gasteiger partial charge >= 0.3 is 0 Å². The van der Waals surface area contributed by atoms with E-state index >= 15 is 0 Å². The molecular formula is C18H24N6O. The zero-order chi connectivity index (χ0) is 17.8. The number of nitrogens with one attached hydrogen (secondary N) is 2. The Morgan fingerprint density at radius 3 is 2.68 bits per heavy atom. The number of benzene rings is 1. The molecule has 132 valence electrons. The second-order valence-electron chi connectivity index (χ2n) is 5.87. The van der Waals surface area contributed by atoms with E-state index in [1.165, 1.54) is 0 Å². The number of nitrogens with zero attached hydrogens (tertiary/aromatic N) is 4. The third-order valence-electron chi connectivity index (χ3n) is 4.08. The zero-order valence-electron chi connectivity index (χ0n) is 15.1. The van der Waals surface area contributed by atoms with Gasteiger partial charge in [0.1, 0.15) is 18.1 Å². The smallest absolute Gasteiger partial charge is 0.214 e. The van der Waals surface area contributed by atoms with Crippen LogP contribution < -0.4 is 10.6 Å². The van der Waals surface area contributed by atoms with Crippen LogP contribution in [0.3, 0.4) is 0 Å². The van der Waals surface area contributed by atoms with Crippen molar-refractivity contribution in [2.75, 3.05) is 6.54 Å². The number of para-hydroxylation sites is 2. The molecule has 0 bridgehead atoms. The second-order valence-corrected chi connectivity index (χ2v) is 5.87. The lowest BCUT2D eigenvalue weighted by Gasteiger charge is -2.09. The maximum atomic E-state index is 5.59. The first-order chi connectivity index (χ1) is 12.1. The minimum absolute atomic E-state index is 0.489. The summed E-state index contributed by atoms with van der Waals surface area (Å²) in [6.45, 7) is 7.64. The fraction of sp³-hybridized carbons (Fsp3) is 0.389. The number of aromatic nitrogens is 3. The molecule has 3 rings (SSSR count). The van der Waals surface area contributed by atoms with Crippen LogP contribution in [0.2, 0.25) is 0 Å². The SMILES string of the molecule is CCNC(=NCc1nc2ccccc2n1C)NCc1nc(C)c(C)o1. The Bertz CT molecular complexity index is 873. The first kappa shape index (κ1) is 17.0. The predicted molar refractivity (Wildman–Crippen MR) is 98.3 cm³/mol. The molecule has 0 unspecified atom stereocenters. The van der Waals surface area contributed by atoms with Gasteiger partial charge in [-0.25, -0.2) is 15.0 Å². The molecule has 1 aromatic carbocycles. The molecule has 2 aromatic heterocycles. The number of hydrogen-bond acceptors (Lipinski definition) is 4. The van der Waals surface area contributed by atoms with Gasteiger partial charge < -0.3 is 19.6 Å². The van der Waals surface area contributed by atoms with Crippen LogP contribution in [-0.4, -0.2) is 27.0 Å². The minimum Gasteiger partial charge on any atom is -0.444 e. The van der Waals surface area contributed by atoms with E-state index in [0.717, 1.165) is 34.9 Å². The number of aryl methyl sites for hydroxylation is 3. The molecule has 0 aliphatic rings. The highest BCUT2D eigenvalue weighted by Crippen LogP contribution is 2.14. The van der Waals surface area contributed by atoms with Gasteiger partial charge in [0.2, 0.25) is 5.89 Å². The summed E-state index contributed by atoms with van der Waals surface area (Å²) in [6, 6.07) is 8.09. The fourth-order valence-electron chi connectivity index (χ4n) is 2.60. The monoisotopic (exact) mass is 340 g/mol. The highest BCUT2D eigenvalue weighted by molar-refractivity contribution is 5.80. The first-order valence-corrected chi connectivity index (χ1v) is 8.44. The number of guanidine groups is 1. The third-order valence-corrected chi connectivity index (χ3v) is 4.08. The number of aliphatic imine (C=N–C) groups is 1.